The Morgan fingerprint density at radius 3 is 2.79 bits per heavy atom. The number of nitrogens with zero attached hydrogens (tertiary/aromatic N) is 4. The molecule has 0 aliphatic carbocycles. The second kappa shape index (κ2) is 6.79. The number of rotatable bonds is 4. The van der Waals surface area contributed by atoms with Gasteiger partial charge < -0.3 is 24.7 Å². The van der Waals surface area contributed by atoms with Gasteiger partial charge in [0.2, 0.25) is 0 Å². The molecule has 3 aromatic rings. The molecule has 1 unspecified atom stereocenters. The number of aryl methyl sites for hydroxylation is 1. The van der Waals surface area contributed by atoms with E-state index in [1.165, 1.54) is 5.56 Å². The third-order valence-electron chi connectivity index (χ3n) is 6.29. The molecule has 0 bridgehead atoms. The maximum absolute atomic E-state index is 6.04. The Bertz CT molecular complexity index is 1060. The normalized spacial score (nSPS) is 23.0. The van der Waals surface area contributed by atoms with Crippen molar-refractivity contribution in [2.75, 3.05) is 46.2 Å². The van der Waals surface area contributed by atoms with Crippen LogP contribution in [0.25, 0.3) is 16.7 Å². The molecule has 0 amide bonds. The van der Waals surface area contributed by atoms with Crippen LogP contribution in [0.5, 0.6) is 0 Å². The number of nitrogens with two attached hydrogens (primary N) is 1. The quantitative estimate of drug-likeness (QED) is 0.734. The van der Waals surface area contributed by atoms with Gasteiger partial charge in [-0.05, 0) is 37.2 Å². The van der Waals surface area contributed by atoms with Crippen LogP contribution in [0.1, 0.15) is 29.2 Å². The second-order valence-electron chi connectivity index (χ2n) is 8.39. The Balaban J connectivity index is 1.67. The van der Waals surface area contributed by atoms with E-state index < -0.39 is 5.60 Å². The molecule has 2 saturated heterocycles. The summed E-state index contributed by atoms with van der Waals surface area (Å²) in [5, 5.41) is 1.15. The Morgan fingerprint density at radius 1 is 1.28 bits per heavy atom. The van der Waals surface area contributed by atoms with Gasteiger partial charge in [0.15, 0.2) is 0 Å². The van der Waals surface area contributed by atoms with E-state index in [1.54, 1.807) is 7.11 Å². The fraction of sp³-hybridized carbons (Fsp3) is 0.455. The highest BCUT2D eigenvalue weighted by Gasteiger charge is 2.39. The molecule has 3 aromatic heterocycles. The Hall–Kier alpha value is -2.48. The molecule has 7 heteroatoms. The van der Waals surface area contributed by atoms with Crippen LogP contribution in [-0.4, -0.2) is 59.9 Å². The first-order valence-electron chi connectivity index (χ1n) is 10.1. The molecule has 0 spiro atoms. The van der Waals surface area contributed by atoms with E-state index in [-0.39, 0.29) is 0 Å². The van der Waals surface area contributed by atoms with Gasteiger partial charge in [-0.3, -0.25) is 0 Å². The molecule has 0 saturated carbocycles. The molecule has 2 N–H and O–H groups in total. The highest BCUT2D eigenvalue weighted by atomic mass is 16.5. The molecule has 5 heterocycles. The fourth-order valence-electron chi connectivity index (χ4n) is 4.59. The number of fused-ring (bicyclic) bond motifs is 1. The third kappa shape index (κ3) is 3.01. The van der Waals surface area contributed by atoms with Crippen molar-refractivity contribution in [1.29, 1.82) is 0 Å². The molecule has 5 rings (SSSR count). The third-order valence-corrected chi connectivity index (χ3v) is 6.29. The van der Waals surface area contributed by atoms with E-state index in [2.05, 4.69) is 46.8 Å². The minimum atomic E-state index is -0.482. The van der Waals surface area contributed by atoms with E-state index in [1.807, 2.05) is 12.3 Å². The zero-order valence-corrected chi connectivity index (χ0v) is 17.2. The van der Waals surface area contributed by atoms with Crippen molar-refractivity contribution in [3.63, 3.8) is 0 Å². The average Bonchev–Trinajstić information content (AvgIpc) is 3.30. The van der Waals surface area contributed by atoms with Crippen LogP contribution >= 0.6 is 0 Å². The predicted octanol–water partition coefficient (Wildman–Crippen LogP) is 2.60. The van der Waals surface area contributed by atoms with Gasteiger partial charge in [-0.25, -0.2) is 9.97 Å². The molecule has 0 radical (unpaired) electrons. The average molecular weight is 393 g/mol. The van der Waals surface area contributed by atoms with Gasteiger partial charge in [0.25, 0.3) is 0 Å². The van der Waals surface area contributed by atoms with Crippen LogP contribution < -0.4 is 5.73 Å². The van der Waals surface area contributed by atoms with Gasteiger partial charge in [0.1, 0.15) is 17.2 Å². The largest absolute Gasteiger partial charge is 0.384 e. The summed E-state index contributed by atoms with van der Waals surface area (Å²) in [4.78, 5) is 11.7. The maximum atomic E-state index is 6.04. The van der Waals surface area contributed by atoms with Crippen molar-refractivity contribution in [2.45, 2.75) is 24.9 Å². The monoisotopic (exact) mass is 393 g/mol. The van der Waals surface area contributed by atoms with Crippen molar-refractivity contribution in [3.8, 4) is 5.82 Å². The van der Waals surface area contributed by atoms with Gasteiger partial charge in [0, 0.05) is 63.0 Å². The zero-order chi connectivity index (χ0) is 20.2. The molecule has 2 aliphatic heterocycles. The van der Waals surface area contributed by atoms with Crippen molar-refractivity contribution >= 4 is 16.7 Å². The predicted molar refractivity (Wildman–Crippen MR) is 112 cm³/mol. The highest BCUT2D eigenvalue weighted by molar-refractivity contribution is 5.87. The molecule has 2 aliphatic rings. The first-order chi connectivity index (χ1) is 14.0. The SMILES string of the molecule is COC1(c2cc(C)cc(-n3cc(C4CN(C)C4)c4cnc(N)cc43)n2)CCOC1. The maximum Gasteiger partial charge on any atom is 0.137 e. The summed E-state index contributed by atoms with van der Waals surface area (Å²) >= 11 is 0. The number of hydrogen-bond acceptors (Lipinski definition) is 6. The smallest absolute Gasteiger partial charge is 0.137 e. The zero-order valence-electron chi connectivity index (χ0n) is 17.2. The molecule has 2 fully saturated rings. The van der Waals surface area contributed by atoms with Crippen LogP contribution in [0.3, 0.4) is 0 Å². The second-order valence-corrected chi connectivity index (χ2v) is 8.39. The minimum absolute atomic E-state index is 0.482. The summed E-state index contributed by atoms with van der Waals surface area (Å²) in [6.07, 6.45) is 4.91. The minimum Gasteiger partial charge on any atom is -0.384 e. The summed E-state index contributed by atoms with van der Waals surface area (Å²) in [6.45, 7) is 5.42. The summed E-state index contributed by atoms with van der Waals surface area (Å²) < 4.78 is 13.7. The number of hydrogen-bond donors (Lipinski definition) is 1. The van der Waals surface area contributed by atoms with Crippen LogP contribution in [0, 0.1) is 6.92 Å². The molecule has 7 nitrogen and oxygen atoms in total. The number of aromatic nitrogens is 3. The van der Waals surface area contributed by atoms with Crippen LogP contribution in [0.2, 0.25) is 0 Å². The molecule has 0 aromatic carbocycles. The summed E-state index contributed by atoms with van der Waals surface area (Å²) in [7, 11) is 3.88. The van der Waals surface area contributed by atoms with Gasteiger partial charge in [0.05, 0.1) is 17.8 Å². The van der Waals surface area contributed by atoms with Gasteiger partial charge >= 0.3 is 0 Å². The van der Waals surface area contributed by atoms with Gasteiger partial charge in [-0.2, -0.15) is 0 Å². The summed E-state index contributed by atoms with van der Waals surface area (Å²) in [6, 6.07) is 6.15. The number of nitrogen functional groups attached to an aromatic ring is 1. The highest BCUT2D eigenvalue weighted by Crippen LogP contribution is 2.37. The lowest BCUT2D eigenvalue weighted by atomic mass is 9.92. The van der Waals surface area contributed by atoms with Gasteiger partial charge in [-0.1, -0.05) is 0 Å². The van der Waals surface area contributed by atoms with Gasteiger partial charge in [-0.15, -0.1) is 0 Å². The number of likely N-dealkylation sites (N-methyl/N-ethyl adjacent to an activating group) is 1. The van der Waals surface area contributed by atoms with E-state index >= 15 is 0 Å². The van der Waals surface area contributed by atoms with E-state index in [0.29, 0.717) is 24.9 Å². The molecular weight excluding hydrogens is 366 g/mol. The van der Waals surface area contributed by atoms with Crippen molar-refractivity contribution in [2.24, 2.45) is 0 Å². The first-order valence-corrected chi connectivity index (χ1v) is 10.1. The Morgan fingerprint density at radius 2 is 2.10 bits per heavy atom. The molecule has 152 valence electrons. The number of pyridine rings is 2. The van der Waals surface area contributed by atoms with Crippen molar-refractivity contribution < 1.29 is 9.47 Å². The van der Waals surface area contributed by atoms with E-state index in [4.69, 9.17) is 20.2 Å². The number of anilines is 1. The van der Waals surface area contributed by atoms with E-state index in [0.717, 1.165) is 47.5 Å². The van der Waals surface area contributed by atoms with Crippen LogP contribution in [-0.2, 0) is 15.1 Å². The lowest BCUT2D eigenvalue weighted by Crippen LogP contribution is -2.41. The van der Waals surface area contributed by atoms with Crippen molar-refractivity contribution in [1.82, 2.24) is 19.4 Å². The number of ether oxygens (including phenoxy) is 2. The molecule has 29 heavy (non-hydrogen) atoms. The van der Waals surface area contributed by atoms with E-state index in [9.17, 15) is 0 Å². The van der Waals surface area contributed by atoms with Crippen molar-refractivity contribution in [3.05, 3.63) is 47.4 Å². The lowest BCUT2D eigenvalue weighted by molar-refractivity contribution is -0.0246. The first kappa shape index (κ1) is 18.5. The lowest BCUT2D eigenvalue weighted by Gasteiger charge is -2.36. The topological polar surface area (TPSA) is 78.4 Å². The Kier molecular flexibility index (Phi) is 4.34. The van der Waals surface area contributed by atoms with Crippen LogP contribution in [0.15, 0.2) is 30.6 Å². The number of methoxy groups -OCH3 is 1. The number of likely N-dealkylation sites (tertiary alicyclic amines) is 1. The Labute approximate surface area is 170 Å². The summed E-state index contributed by atoms with van der Waals surface area (Å²) in [5.41, 5.74) is 9.96. The van der Waals surface area contributed by atoms with Crippen LogP contribution in [0.4, 0.5) is 5.82 Å². The standard InChI is InChI=1S/C22H27N5O2/c1-14-6-19(22(28-3)4-5-29-13-22)25-21(7-14)27-12-17(15-10-26(2)11-15)16-9-24-20(23)8-18(16)27/h6-9,12,15H,4-5,10-11,13H2,1-3H3,(H2,23,24). The summed E-state index contributed by atoms with van der Waals surface area (Å²) in [5.74, 6) is 1.89. The fourth-order valence-corrected chi connectivity index (χ4v) is 4.59. The molecular formula is C22H27N5O2. The molecule has 1 atom stereocenters.